The topological polar surface area (TPSA) is 58.2 Å². The fourth-order valence-corrected chi connectivity index (χ4v) is 2.29. The molecule has 2 aromatic rings. The minimum atomic E-state index is -0.235. The summed E-state index contributed by atoms with van der Waals surface area (Å²) in [7, 11) is 0. The Labute approximate surface area is 125 Å². The Kier molecular flexibility index (Phi) is 5.15. The third kappa shape index (κ3) is 4.36. The lowest BCUT2D eigenvalue weighted by Crippen LogP contribution is -2.36. The van der Waals surface area contributed by atoms with E-state index in [1.165, 1.54) is 11.3 Å². The van der Waals surface area contributed by atoms with Crippen LogP contribution in [0.4, 0.5) is 0 Å². The van der Waals surface area contributed by atoms with Gasteiger partial charge in [-0.3, -0.25) is 9.59 Å². The maximum Gasteiger partial charge on any atom is 0.261 e. The van der Waals surface area contributed by atoms with Crippen LogP contribution in [-0.2, 0) is 11.3 Å². The number of carbonyl (C=O) groups is 2. The van der Waals surface area contributed by atoms with Crippen LogP contribution in [0.5, 0.6) is 0 Å². The van der Waals surface area contributed by atoms with E-state index in [1.54, 1.807) is 24.3 Å². The van der Waals surface area contributed by atoms with Gasteiger partial charge in [-0.05, 0) is 29.1 Å². The van der Waals surface area contributed by atoms with Crippen molar-refractivity contribution in [3.8, 4) is 0 Å². The van der Waals surface area contributed by atoms with Crippen LogP contribution in [0.25, 0.3) is 0 Å². The maximum absolute atomic E-state index is 11.6. The van der Waals surface area contributed by atoms with Gasteiger partial charge in [-0.2, -0.15) is 0 Å². The van der Waals surface area contributed by atoms with E-state index < -0.39 is 0 Å². The molecule has 1 heterocycles. The predicted molar refractivity (Wildman–Crippen MR) is 80.0 cm³/mol. The van der Waals surface area contributed by atoms with E-state index in [4.69, 9.17) is 11.6 Å². The van der Waals surface area contributed by atoms with Crippen molar-refractivity contribution in [3.05, 3.63) is 57.2 Å². The van der Waals surface area contributed by atoms with Gasteiger partial charge in [0.1, 0.15) is 0 Å². The fraction of sp³-hybridized carbons (Fsp3) is 0.143. The van der Waals surface area contributed by atoms with Gasteiger partial charge in [0.15, 0.2) is 0 Å². The van der Waals surface area contributed by atoms with Crippen molar-refractivity contribution in [1.82, 2.24) is 10.6 Å². The molecule has 0 saturated heterocycles. The van der Waals surface area contributed by atoms with E-state index in [-0.39, 0.29) is 18.4 Å². The molecule has 2 amide bonds. The average Bonchev–Trinajstić information content (AvgIpc) is 2.98. The number of amides is 2. The second kappa shape index (κ2) is 7.07. The third-order valence-corrected chi connectivity index (χ3v) is 3.68. The monoisotopic (exact) mass is 308 g/mol. The average molecular weight is 309 g/mol. The van der Waals surface area contributed by atoms with Crippen molar-refractivity contribution in [2.75, 3.05) is 6.54 Å². The highest BCUT2D eigenvalue weighted by atomic mass is 35.5. The normalized spacial score (nSPS) is 10.1. The molecule has 0 saturated carbocycles. The summed E-state index contributed by atoms with van der Waals surface area (Å²) < 4.78 is 0. The summed E-state index contributed by atoms with van der Waals surface area (Å²) in [5.41, 5.74) is 0.951. The quantitative estimate of drug-likeness (QED) is 0.891. The number of benzene rings is 1. The van der Waals surface area contributed by atoms with Gasteiger partial charge < -0.3 is 10.6 Å². The van der Waals surface area contributed by atoms with Gasteiger partial charge in [0.05, 0.1) is 11.4 Å². The highest BCUT2D eigenvalue weighted by molar-refractivity contribution is 7.12. The van der Waals surface area contributed by atoms with Gasteiger partial charge in [0.25, 0.3) is 5.91 Å². The molecule has 0 aliphatic carbocycles. The molecule has 2 N–H and O–H groups in total. The first-order valence-corrected chi connectivity index (χ1v) is 7.24. The van der Waals surface area contributed by atoms with Gasteiger partial charge in [0, 0.05) is 11.6 Å². The Hall–Kier alpha value is -1.85. The van der Waals surface area contributed by atoms with E-state index in [0.29, 0.717) is 16.4 Å². The Balaban J connectivity index is 1.73. The highest BCUT2D eigenvalue weighted by Crippen LogP contribution is 2.09. The molecule has 6 heteroatoms. The lowest BCUT2D eigenvalue weighted by Gasteiger charge is -2.06. The number of hydrogen-bond donors (Lipinski definition) is 2. The minimum absolute atomic E-state index is 0.0374. The summed E-state index contributed by atoms with van der Waals surface area (Å²) in [6, 6.07) is 10.7. The van der Waals surface area contributed by atoms with E-state index in [1.807, 2.05) is 17.5 Å². The molecule has 4 nitrogen and oxygen atoms in total. The van der Waals surface area contributed by atoms with Gasteiger partial charge in [0.2, 0.25) is 5.91 Å². The first-order chi connectivity index (χ1) is 9.65. The zero-order valence-electron chi connectivity index (χ0n) is 10.6. The molecule has 1 aromatic carbocycles. The van der Waals surface area contributed by atoms with Crippen LogP contribution in [0, 0.1) is 0 Å². The molecule has 1 aromatic heterocycles. The molecule has 0 atom stereocenters. The molecule has 0 unspecified atom stereocenters. The summed E-state index contributed by atoms with van der Waals surface area (Å²) in [6.07, 6.45) is 0. The summed E-state index contributed by atoms with van der Waals surface area (Å²) in [6.45, 7) is 0.370. The van der Waals surface area contributed by atoms with Crippen LogP contribution in [-0.4, -0.2) is 18.4 Å². The summed E-state index contributed by atoms with van der Waals surface area (Å²) >= 11 is 7.11. The number of nitrogens with one attached hydrogen (secondary N) is 2. The highest BCUT2D eigenvalue weighted by Gasteiger charge is 2.08. The van der Waals surface area contributed by atoms with Crippen LogP contribution in [0.15, 0.2) is 41.8 Å². The number of halogens is 1. The maximum atomic E-state index is 11.6. The Morgan fingerprint density at radius 3 is 2.50 bits per heavy atom. The number of thiophene rings is 1. The molecular formula is C14H13ClN2O2S. The van der Waals surface area contributed by atoms with Gasteiger partial charge in [-0.15, -0.1) is 11.3 Å². The van der Waals surface area contributed by atoms with Crippen molar-refractivity contribution in [1.29, 1.82) is 0 Å². The van der Waals surface area contributed by atoms with Crippen LogP contribution in [0.2, 0.25) is 5.02 Å². The van der Waals surface area contributed by atoms with Gasteiger partial charge in [-0.25, -0.2) is 0 Å². The molecule has 0 bridgehead atoms. The van der Waals surface area contributed by atoms with Crippen LogP contribution in [0.1, 0.15) is 15.2 Å². The Morgan fingerprint density at radius 2 is 1.85 bits per heavy atom. The van der Waals surface area contributed by atoms with E-state index in [0.717, 1.165) is 5.56 Å². The molecule has 0 aliphatic rings. The molecule has 2 rings (SSSR count). The van der Waals surface area contributed by atoms with Crippen LogP contribution < -0.4 is 10.6 Å². The van der Waals surface area contributed by atoms with Crippen molar-refractivity contribution in [2.24, 2.45) is 0 Å². The second-order valence-corrected chi connectivity index (χ2v) is 5.45. The molecule has 0 spiro atoms. The Bertz CT molecular complexity index is 582. The Morgan fingerprint density at radius 1 is 1.10 bits per heavy atom. The first-order valence-electron chi connectivity index (χ1n) is 5.98. The van der Waals surface area contributed by atoms with E-state index in [2.05, 4.69) is 10.6 Å². The predicted octanol–water partition coefficient (Wildman–Crippen LogP) is 2.45. The number of carbonyl (C=O) groups excluding carboxylic acids is 2. The van der Waals surface area contributed by atoms with Crippen LogP contribution in [0.3, 0.4) is 0 Å². The lowest BCUT2D eigenvalue weighted by molar-refractivity contribution is -0.120. The van der Waals surface area contributed by atoms with Crippen molar-refractivity contribution in [2.45, 2.75) is 6.54 Å². The SMILES string of the molecule is O=C(CNC(=O)c1cccs1)NCc1ccc(Cl)cc1. The summed E-state index contributed by atoms with van der Waals surface area (Å²) in [5.74, 6) is -0.466. The fourth-order valence-electron chi connectivity index (χ4n) is 1.52. The van der Waals surface area contributed by atoms with Crippen LogP contribution >= 0.6 is 22.9 Å². The largest absolute Gasteiger partial charge is 0.350 e. The minimum Gasteiger partial charge on any atom is -0.350 e. The molecular weight excluding hydrogens is 296 g/mol. The van der Waals surface area contributed by atoms with E-state index >= 15 is 0 Å². The summed E-state index contributed by atoms with van der Waals surface area (Å²) in [5, 5.41) is 7.77. The molecule has 0 fully saturated rings. The van der Waals surface area contributed by atoms with Gasteiger partial charge >= 0.3 is 0 Å². The zero-order valence-corrected chi connectivity index (χ0v) is 12.1. The number of rotatable bonds is 5. The van der Waals surface area contributed by atoms with Crippen molar-refractivity contribution in [3.63, 3.8) is 0 Å². The summed E-state index contributed by atoms with van der Waals surface area (Å²) in [4.78, 5) is 23.8. The smallest absolute Gasteiger partial charge is 0.261 e. The van der Waals surface area contributed by atoms with Crippen molar-refractivity contribution < 1.29 is 9.59 Å². The first kappa shape index (κ1) is 14.6. The second-order valence-electron chi connectivity index (χ2n) is 4.06. The zero-order chi connectivity index (χ0) is 14.4. The standard InChI is InChI=1S/C14H13ClN2O2S/c15-11-5-3-10(4-6-11)8-16-13(18)9-17-14(19)12-2-1-7-20-12/h1-7H,8-9H2,(H,16,18)(H,17,19). The molecule has 20 heavy (non-hydrogen) atoms. The molecule has 0 aliphatic heterocycles. The van der Waals surface area contributed by atoms with E-state index in [9.17, 15) is 9.59 Å². The molecule has 104 valence electrons. The third-order valence-electron chi connectivity index (χ3n) is 2.56. The lowest BCUT2D eigenvalue weighted by atomic mass is 10.2. The molecule has 0 radical (unpaired) electrons. The van der Waals surface area contributed by atoms with Crippen molar-refractivity contribution >= 4 is 34.8 Å². The number of hydrogen-bond acceptors (Lipinski definition) is 3. The van der Waals surface area contributed by atoms with Gasteiger partial charge in [-0.1, -0.05) is 29.8 Å².